The van der Waals surface area contributed by atoms with Gasteiger partial charge in [-0.2, -0.15) is 4.40 Å². The fourth-order valence-electron chi connectivity index (χ4n) is 1.00. The number of rotatable bonds is 3. The van der Waals surface area contributed by atoms with Gasteiger partial charge in [0, 0.05) is 17.8 Å². The van der Waals surface area contributed by atoms with Crippen LogP contribution in [0.5, 0.6) is 5.75 Å². The highest BCUT2D eigenvalue weighted by molar-refractivity contribution is 7.85. The van der Waals surface area contributed by atoms with Gasteiger partial charge in [-0.15, -0.1) is 0 Å². The van der Waals surface area contributed by atoms with Crippen molar-refractivity contribution >= 4 is 17.2 Å². The number of benzene rings is 1. The summed E-state index contributed by atoms with van der Waals surface area (Å²) >= 11 is 0. The summed E-state index contributed by atoms with van der Waals surface area (Å²) < 4.78 is 33.4. The zero-order valence-corrected chi connectivity index (χ0v) is 11.2. The second-order valence-electron chi connectivity index (χ2n) is 4.48. The normalized spacial score (nSPS) is 13.9. The quantitative estimate of drug-likeness (QED) is 0.781. The second-order valence-corrected chi connectivity index (χ2v) is 6.42. The molecule has 1 aromatic rings. The predicted octanol–water partition coefficient (Wildman–Crippen LogP) is 2.72. The molecule has 0 saturated carbocycles. The van der Waals surface area contributed by atoms with Crippen molar-refractivity contribution in [1.29, 1.82) is 0 Å². The maximum absolute atomic E-state index is 13.5. The predicted molar refractivity (Wildman–Crippen MR) is 68.4 cm³/mol. The Balaban J connectivity index is 2.89. The molecule has 0 amide bonds. The van der Waals surface area contributed by atoms with Gasteiger partial charge >= 0.3 is 0 Å². The van der Waals surface area contributed by atoms with Gasteiger partial charge in [-0.1, -0.05) is 0 Å². The van der Waals surface area contributed by atoms with Crippen LogP contribution in [-0.2, 0) is 11.0 Å². The minimum absolute atomic E-state index is 0.295. The summed E-state index contributed by atoms with van der Waals surface area (Å²) in [7, 11) is 0.0877. The average molecular weight is 257 g/mol. The molecule has 0 aromatic heterocycles. The first-order valence-corrected chi connectivity index (χ1v) is 6.25. The lowest BCUT2D eigenvalue weighted by molar-refractivity contribution is 0.411. The van der Waals surface area contributed by atoms with Gasteiger partial charge in [0.15, 0.2) is 0 Å². The fraction of sp³-hybridized carbons (Fsp3) is 0.417. The summed E-state index contributed by atoms with van der Waals surface area (Å²) in [5, 5.41) is 0. The van der Waals surface area contributed by atoms with E-state index in [1.807, 2.05) is 20.8 Å². The zero-order chi connectivity index (χ0) is 13.1. The Labute approximate surface area is 103 Å². The molecule has 1 rings (SSSR count). The zero-order valence-electron chi connectivity index (χ0n) is 10.4. The molecule has 0 heterocycles. The molecule has 5 heteroatoms. The van der Waals surface area contributed by atoms with Crippen LogP contribution in [0, 0.1) is 5.82 Å². The summed E-state index contributed by atoms with van der Waals surface area (Å²) in [4.78, 5) is 0. The van der Waals surface area contributed by atoms with Crippen LogP contribution in [-0.4, -0.2) is 22.3 Å². The molecule has 0 aliphatic rings. The third-order valence-corrected chi connectivity index (χ3v) is 3.36. The number of nitrogens with zero attached hydrogens (tertiary/aromatic N) is 1. The number of halogens is 1. The first-order chi connectivity index (χ1) is 7.84. The van der Waals surface area contributed by atoms with E-state index in [2.05, 4.69) is 4.40 Å². The van der Waals surface area contributed by atoms with Gasteiger partial charge in [-0.05, 0) is 32.9 Å². The Kier molecular flexibility index (Phi) is 4.40. The van der Waals surface area contributed by atoms with E-state index in [-0.39, 0.29) is 0 Å². The van der Waals surface area contributed by atoms with Crippen LogP contribution in [0.25, 0.3) is 0 Å². The van der Waals surface area contributed by atoms with Crippen molar-refractivity contribution < 1.29 is 13.3 Å². The van der Waals surface area contributed by atoms with Crippen molar-refractivity contribution in [2.45, 2.75) is 25.5 Å². The summed E-state index contributed by atoms with van der Waals surface area (Å²) in [6.07, 6.45) is 1.29. The van der Waals surface area contributed by atoms with Crippen LogP contribution in [0.15, 0.2) is 22.6 Å². The lowest BCUT2D eigenvalue weighted by atomic mass is 10.2. The lowest BCUT2D eigenvalue weighted by Gasteiger charge is -2.12. The molecule has 0 aliphatic carbocycles. The topological polar surface area (TPSA) is 38.7 Å². The van der Waals surface area contributed by atoms with E-state index in [0.717, 1.165) is 0 Å². The highest BCUT2D eigenvalue weighted by Gasteiger charge is 2.18. The van der Waals surface area contributed by atoms with Gasteiger partial charge in [0.25, 0.3) is 0 Å². The van der Waals surface area contributed by atoms with E-state index in [1.54, 1.807) is 6.07 Å². The van der Waals surface area contributed by atoms with Crippen LogP contribution in [0.1, 0.15) is 26.3 Å². The van der Waals surface area contributed by atoms with Gasteiger partial charge < -0.3 is 4.74 Å². The largest absolute Gasteiger partial charge is 0.497 e. The molecule has 0 N–H and O–H groups in total. The summed E-state index contributed by atoms with van der Waals surface area (Å²) in [5.41, 5.74) is 0.295. The third-order valence-electron chi connectivity index (χ3n) is 2.02. The van der Waals surface area contributed by atoms with Crippen LogP contribution >= 0.6 is 0 Å². The Bertz CT molecular complexity index is 452. The Morgan fingerprint density at radius 1 is 1.41 bits per heavy atom. The summed E-state index contributed by atoms with van der Waals surface area (Å²) in [6, 6.07) is 4.43. The van der Waals surface area contributed by atoms with E-state index in [0.29, 0.717) is 11.3 Å². The van der Waals surface area contributed by atoms with Crippen LogP contribution in [0.2, 0.25) is 0 Å². The van der Waals surface area contributed by atoms with Gasteiger partial charge in [0.1, 0.15) is 22.6 Å². The van der Waals surface area contributed by atoms with Gasteiger partial charge in [0.05, 0.1) is 11.9 Å². The SMILES string of the molecule is COc1ccc(/C=N/[S@](=O)C(C)(C)C)c(F)c1. The molecule has 3 nitrogen and oxygen atoms in total. The standard InChI is InChI=1S/C12H16FNO2S/c1-12(2,3)17(15)14-8-9-5-6-10(16-4)7-11(9)13/h5-8H,1-4H3/b14-8+/t17-/m1/s1. The maximum atomic E-state index is 13.5. The fourth-order valence-corrected chi connectivity index (χ4v) is 1.53. The van der Waals surface area contributed by atoms with Crippen molar-refractivity contribution in [1.82, 2.24) is 0 Å². The molecule has 0 unspecified atom stereocenters. The molecular formula is C12H16FNO2S. The van der Waals surface area contributed by atoms with E-state index in [9.17, 15) is 8.60 Å². The molecule has 0 spiro atoms. The van der Waals surface area contributed by atoms with Crippen molar-refractivity contribution in [3.05, 3.63) is 29.6 Å². The van der Waals surface area contributed by atoms with Crippen molar-refractivity contribution in [2.24, 2.45) is 4.40 Å². The minimum atomic E-state index is -1.38. The number of methoxy groups -OCH3 is 1. The third kappa shape index (κ3) is 3.93. The molecule has 94 valence electrons. The minimum Gasteiger partial charge on any atom is -0.497 e. The van der Waals surface area contributed by atoms with E-state index in [4.69, 9.17) is 4.74 Å². The average Bonchev–Trinajstić information content (AvgIpc) is 2.25. The molecule has 0 bridgehead atoms. The smallest absolute Gasteiger partial charge is 0.144 e. The molecule has 1 atom stereocenters. The first kappa shape index (κ1) is 13.8. The van der Waals surface area contributed by atoms with E-state index >= 15 is 0 Å². The number of hydrogen-bond donors (Lipinski definition) is 0. The van der Waals surface area contributed by atoms with Gasteiger partial charge in [-0.3, -0.25) is 0 Å². The van der Waals surface area contributed by atoms with Crippen molar-refractivity contribution in [2.75, 3.05) is 7.11 Å². The molecule has 0 fully saturated rings. The highest BCUT2D eigenvalue weighted by atomic mass is 32.2. The number of hydrogen-bond acceptors (Lipinski definition) is 2. The monoisotopic (exact) mass is 257 g/mol. The molecular weight excluding hydrogens is 241 g/mol. The Morgan fingerprint density at radius 2 is 2.06 bits per heavy atom. The van der Waals surface area contributed by atoms with Crippen LogP contribution < -0.4 is 4.74 Å². The van der Waals surface area contributed by atoms with Crippen LogP contribution in [0.4, 0.5) is 4.39 Å². The van der Waals surface area contributed by atoms with Crippen molar-refractivity contribution in [3.8, 4) is 5.75 Å². The molecule has 0 radical (unpaired) electrons. The van der Waals surface area contributed by atoms with Crippen LogP contribution in [0.3, 0.4) is 0 Å². The molecule has 17 heavy (non-hydrogen) atoms. The maximum Gasteiger partial charge on any atom is 0.144 e. The Hall–Kier alpha value is -1.23. The van der Waals surface area contributed by atoms with E-state index in [1.165, 1.54) is 25.5 Å². The number of ether oxygens (including phenoxy) is 1. The molecule has 0 aliphatic heterocycles. The van der Waals surface area contributed by atoms with Gasteiger partial charge in [0.2, 0.25) is 0 Å². The highest BCUT2D eigenvalue weighted by Crippen LogP contribution is 2.16. The van der Waals surface area contributed by atoms with E-state index < -0.39 is 21.5 Å². The molecule has 1 aromatic carbocycles. The van der Waals surface area contributed by atoms with Gasteiger partial charge in [-0.25, -0.2) is 8.60 Å². The summed E-state index contributed by atoms with van der Waals surface area (Å²) in [6.45, 7) is 5.43. The van der Waals surface area contributed by atoms with Crippen molar-refractivity contribution in [3.63, 3.8) is 0 Å². The Morgan fingerprint density at radius 3 is 2.53 bits per heavy atom. The second kappa shape index (κ2) is 5.40. The lowest BCUT2D eigenvalue weighted by Crippen LogP contribution is -2.19. The molecule has 0 saturated heterocycles. The first-order valence-electron chi connectivity index (χ1n) is 5.14. The summed E-state index contributed by atoms with van der Waals surface area (Å²) in [5.74, 6) is -0.00407.